The van der Waals surface area contributed by atoms with Crippen LogP contribution in [0.15, 0.2) is 12.2 Å². The van der Waals surface area contributed by atoms with E-state index >= 15 is 0 Å². The van der Waals surface area contributed by atoms with Gasteiger partial charge in [-0.2, -0.15) is 0 Å². The molecule has 0 unspecified atom stereocenters. The predicted molar refractivity (Wildman–Crippen MR) is 127 cm³/mol. The molecule has 168 valence electrons. The molecular weight excluding hydrogens is 344 g/mol. The average Bonchev–Trinajstić information content (AvgIpc) is 2.70. The van der Waals surface area contributed by atoms with Crippen molar-refractivity contribution in [2.75, 3.05) is 19.6 Å². The van der Waals surface area contributed by atoms with E-state index in [0.29, 0.717) is 19.6 Å². The van der Waals surface area contributed by atoms with Crippen LogP contribution in [0.25, 0.3) is 0 Å². The van der Waals surface area contributed by atoms with Crippen LogP contribution in [0, 0.1) is 5.21 Å². The van der Waals surface area contributed by atoms with E-state index < -0.39 is 0 Å². The molecule has 0 spiro atoms. The molecular formula is C25H51N2O-. The van der Waals surface area contributed by atoms with E-state index in [1.54, 1.807) is 0 Å². The second-order valence-electron chi connectivity index (χ2n) is 8.42. The summed E-state index contributed by atoms with van der Waals surface area (Å²) in [6.45, 7) is 4.19. The maximum Gasteiger partial charge on any atom is -0.00654 e. The van der Waals surface area contributed by atoms with Crippen LogP contribution in [0.5, 0.6) is 0 Å². The van der Waals surface area contributed by atoms with E-state index in [4.69, 9.17) is 5.73 Å². The van der Waals surface area contributed by atoms with E-state index in [9.17, 15) is 5.21 Å². The molecule has 3 nitrogen and oxygen atoms in total. The molecule has 0 aliphatic rings. The number of nitrogens with zero attached hydrogens (tertiary/aromatic N) is 1. The van der Waals surface area contributed by atoms with Gasteiger partial charge >= 0.3 is 0 Å². The van der Waals surface area contributed by atoms with Gasteiger partial charge in [-0.15, -0.1) is 0 Å². The summed E-state index contributed by atoms with van der Waals surface area (Å²) in [6, 6.07) is 0. The molecule has 0 bridgehead atoms. The predicted octanol–water partition coefficient (Wildman–Crippen LogP) is 7.73. The topological polar surface area (TPSA) is 52.3 Å². The number of rotatable bonds is 23. The first kappa shape index (κ1) is 27.6. The Balaban J connectivity index is 3.11. The van der Waals surface area contributed by atoms with Crippen LogP contribution < -0.4 is 5.73 Å². The van der Waals surface area contributed by atoms with E-state index in [1.807, 2.05) is 0 Å². The molecule has 2 N–H and O–H groups in total. The normalized spacial score (nSPS) is 11.9. The summed E-state index contributed by atoms with van der Waals surface area (Å²) < 4.78 is 0. The molecule has 0 aliphatic carbocycles. The molecule has 3 heteroatoms. The zero-order valence-electron chi connectivity index (χ0n) is 19.1. The Hall–Kier alpha value is -0.380. The lowest BCUT2D eigenvalue weighted by Gasteiger charge is -2.27. The third-order valence-corrected chi connectivity index (χ3v) is 5.53. The highest BCUT2D eigenvalue weighted by molar-refractivity contribution is 4.81. The van der Waals surface area contributed by atoms with Crippen molar-refractivity contribution in [3.05, 3.63) is 17.4 Å². The van der Waals surface area contributed by atoms with Gasteiger partial charge in [0.1, 0.15) is 0 Å². The highest BCUT2D eigenvalue weighted by atomic mass is 16.5. The standard InChI is InChI=1S/C25H51N2O/c1-2-3-4-5-6-7-8-9-10-11-12-13-14-15-16-17-18-19-20-21-24-27(28)25-22-23-26/h9-10H,2-8,11-26H2,1H3/q-1/b10-9-. The van der Waals surface area contributed by atoms with Crippen molar-refractivity contribution in [1.29, 1.82) is 0 Å². The van der Waals surface area contributed by atoms with E-state index in [0.717, 1.165) is 12.8 Å². The Morgan fingerprint density at radius 1 is 0.571 bits per heavy atom. The largest absolute Gasteiger partial charge is 0.785 e. The zero-order chi connectivity index (χ0) is 20.5. The minimum atomic E-state index is 0.603. The highest BCUT2D eigenvalue weighted by Crippen LogP contribution is 2.12. The first-order valence-corrected chi connectivity index (χ1v) is 12.6. The Kier molecular flexibility index (Phi) is 24.3. The average molecular weight is 396 g/mol. The lowest BCUT2D eigenvalue weighted by molar-refractivity contribution is 0.359. The Bertz CT molecular complexity index is 307. The van der Waals surface area contributed by atoms with Crippen molar-refractivity contribution in [3.63, 3.8) is 0 Å². The van der Waals surface area contributed by atoms with Gasteiger partial charge in [0.15, 0.2) is 0 Å². The molecule has 0 saturated carbocycles. The van der Waals surface area contributed by atoms with E-state index in [2.05, 4.69) is 19.1 Å². The lowest BCUT2D eigenvalue weighted by Crippen LogP contribution is -2.21. The first-order valence-electron chi connectivity index (χ1n) is 12.6. The van der Waals surface area contributed by atoms with Crippen LogP contribution in [0.4, 0.5) is 0 Å². The van der Waals surface area contributed by atoms with Gasteiger partial charge in [-0.25, -0.2) is 0 Å². The molecule has 0 amide bonds. The van der Waals surface area contributed by atoms with E-state index in [-0.39, 0.29) is 0 Å². The van der Waals surface area contributed by atoms with Gasteiger partial charge in [0.25, 0.3) is 0 Å². The molecule has 0 aromatic heterocycles. The van der Waals surface area contributed by atoms with Crippen molar-refractivity contribution in [2.45, 2.75) is 129 Å². The molecule has 0 atom stereocenters. The zero-order valence-corrected chi connectivity index (χ0v) is 19.1. The summed E-state index contributed by atoms with van der Waals surface area (Å²) in [6.07, 6.45) is 29.8. The molecule has 0 fully saturated rings. The molecule has 0 radical (unpaired) electrons. The summed E-state index contributed by atoms with van der Waals surface area (Å²) in [5.74, 6) is 0. The van der Waals surface area contributed by atoms with Crippen LogP contribution in [-0.4, -0.2) is 24.7 Å². The van der Waals surface area contributed by atoms with Crippen molar-refractivity contribution in [2.24, 2.45) is 5.73 Å². The fourth-order valence-electron chi connectivity index (χ4n) is 3.62. The van der Waals surface area contributed by atoms with Crippen LogP contribution >= 0.6 is 0 Å². The van der Waals surface area contributed by atoms with Gasteiger partial charge in [0.2, 0.25) is 0 Å². The highest BCUT2D eigenvalue weighted by Gasteiger charge is 1.95. The van der Waals surface area contributed by atoms with Gasteiger partial charge in [0, 0.05) is 0 Å². The quantitative estimate of drug-likeness (QED) is 0.109. The summed E-state index contributed by atoms with van der Waals surface area (Å²) in [5, 5.41) is 12.6. The van der Waals surface area contributed by atoms with Crippen LogP contribution in [0.3, 0.4) is 0 Å². The smallest absolute Gasteiger partial charge is 0.00654 e. The molecule has 0 aromatic rings. The summed E-state index contributed by atoms with van der Waals surface area (Å²) in [7, 11) is 0. The van der Waals surface area contributed by atoms with Crippen molar-refractivity contribution in [1.82, 2.24) is 5.06 Å². The second-order valence-corrected chi connectivity index (χ2v) is 8.42. The monoisotopic (exact) mass is 395 g/mol. The summed E-state index contributed by atoms with van der Waals surface area (Å²) in [4.78, 5) is 0. The fourth-order valence-corrected chi connectivity index (χ4v) is 3.62. The number of unbranched alkanes of at least 4 members (excludes halogenated alkanes) is 16. The summed E-state index contributed by atoms with van der Waals surface area (Å²) >= 11 is 0. The Morgan fingerprint density at radius 2 is 0.964 bits per heavy atom. The third-order valence-electron chi connectivity index (χ3n) is 5.53. The summed E-state index contributed by atoms with van der Waals surface area (Å²) in [5.41, 5.74) is 5.41. The maximum absolute atomic E-state index is 11.5. The number of hydrogen-bond acceptors (Lipinski definition) is 3. The lowest BCUT2D eigenvalue weighted by atomic mass is 10.1. The molecule has 0 heterocycles. The van der Waals surface area contributed by atoms with Crippen molar-refractivity contribution < 1.29 is 0 Å². The van der Waals surface area contributed by atoms with Crippen LogP contribution in [0.2, 0.25) is 0 Å². The molecule has 0 aliphatic heterocycles. The maximum atomic E-state index is 11.5. The number of hydrogen-bond donors (Lipinski definition) is 1. The minimum Gasteiger partial charge on any atom is -0.785 e. The molecule has 0 rings (SSSR count). The Labute approximate surface area is 177 Å². The SMILES string of the molecule is CCCCCCCC/C=C\CCCCCCCCCCCCN([O-])CCCN. The first-order chi connectivity index (χ1) is 13.8. The third kappa shape index (κ3) is 23.7. The van der Waals surface area contributed by atoms with Crippen LogP contribution in [-0.2, 0) is 0 Å². The van der Waals surface area contributed by atoms with Crippen LogP contribution in [0.1, 0.15) is 129 Å². The van der Waals surface area contributed by atoms with Gasteiger partial charge in [-0.05, 0) is 58.2 Å². The van der Waals surface area contributed by atoms with E-state index in [1.165, 1.54) is 114 Å². The van der Waals surface area contributed by atoms with Gasteiger partial charge in [-0.1, -0.05) is 103 Å². The number of hydroxylamine groups is 2. The fraction of sp³-hybridized carbons (Fsp3) is 0.920. The van der Waals surface area contributed by atoms with Gasteiger partial charge in [0.05, 0.1) is 0 Å². The second kappa shape index (κ2) is 24.7. The molecule has 0 saturated heterocycles. The number of nitrogens with two attached hydrogens (primary N) is 1. The number of allylic oxidation sites excluding steroid dienone is 2. The molecule has 0 aromatic carbocycles. The van der Waals surface area contributed by atoms with Gasteiger partial charge < -0.3 is 16.0 Å². The minimum absolute atomic E-state index is 0.603. The van der Waals surface area contributed by atoms with Crippen molar-refractivity contribution in [3.8, 4) is 0 Å². The Morgan fingerprint density at radius 3 is 1.43 bits per heavy atom. The van der Waals surface area contributed by atoms with Crippen molar-refractivity contribution >= 4 is 0 Å². The molecule has 28 heavy (non-hydrogen) atoms. The van der Waals surface area contributed by atoms with Gasteiger partial charge in [-0.3, -0.25) is 0 Å².